The van der Waals surface area contributed by atoms with Crippen LogP contribution in [0.15, 0.2) is 25.3 Å². The van der Waals surface area contributed by atoms with Crippen molar-refractivity contribution in [3.8, 4) is 0 Å². The van der Waals surface area contributed by atoms with E-state index in [-0.39, 0.29) is 18.2 Å². The Morgan fingerprint density at radius 2 is 1.42 bits per heavy atom. The van der Waals surface area contributed by atoms with Gasteiger partial charge in [0.25, 0.3) is 0 Å². The van der Waals surface area contributed by atoms with Crippen molar-refractivity contribution in [2.24, 2.45) is 0 Å². The van der Waals surface area contributed by atoms with E-state index in [2.05, 4.69) is 13.2 Å². The summed E-state index contributed by atoms with van der Waals surface area (Å²) in [5.74, 6) is 0. The third kappa shape index (κ3) is 17.3. The zero-order valence-corrected chi connectivity index (χ0v) is 12.2. The summed E-state index contributed by atoms with van der Waals surface area (Å²) in [5.41, 5.74) is 0. The van der Waals surface area contributed by atoms with E-state index in [0.29, 0.717) is 26.1 Å². The highest BCUT2D eigenvalue weighted by atomic mass is 16.5. The molecule has 0 aliphatic rings. The smallest absolute Gasteiger partial charge is 0.103 e. The van der Waals surface area contributed by atoms with Crippen LogP contribution < -0.4 is 5.06 Å². The van der Waals surface area contributed by atoms with Crippen LogP contribution in [-0.2, 0) is 4.74 Å². The van der Waals surface area contributed by atoms with Crippen molar-refractivity contribution < 1.29 is 20.0 Å². The summed E-state index contributed by atoms with van der Waals surface area (Å²) in [7, 11) is 0. The molecular weight excluding hydrogens is 246 g/mol. The van der Waals surface area contributed by atoms with Gasteiger partial charge in [-0.15, -0.1) is 13.2 Å². The van der Waals surface area contributed by atoms with Gasteiger partial charge in [0.2, 0.25) is 0 Å². The number of aliphatic hydroxyl groups excluding tert-OH is 2. The molecule has 5 nitrogen and oxygen atoms in total. The summed E-state index contributed by atoms with van der Waals surface area (Å²) in [4.78, 5) is 0. The minimum atomic E-state index is -0.540. The number of hydroxylamine groups is 2. The summed E-state index contributed by atoms with van der Waals surface area (Å²) in [6.07, 6.45) is 3.53. The van der Waals surface area contributed by atoms with Gasteiger partial charge in [0.1, 0.15) is 25.3 Å². The third-order valence-electron chi connectivity index (χ3n) is 2.34. The Hall–Kier alpha value is -0.720. The molecule has 0 amide bonds. The Morgan fingerprint density at radius 1 is 1.05 bits per heavy atom. The van der Waals surface area contributed by atoms with Crippen LogP contribution >= 0.6 is 0 Å². The molecule has 0 aromatic rings. The lowest BCUT2D eigenvalue weighted by molar-refractivity contribution is -0.855. The van der Waals surface area contributed by atoms with Gasteiger partial charge in [-0.2, -0.15) is 0 Å². The number of rotatable bonds is 10. The van der Waals surface area contributed by atoms with E-state index in [4.69, 9.17) is 14.9 Å². The molecule has 0 aromatic carbocycles. The standard InChI is InChI=1S/C8H19NO3.C6H10O/c1-3-7(10)5-9(12)6-8(11)4-2;1-3-5-7-6-4-2/h7-11H,3-6H2,1-2H3;3-4H,1-2,5-6H2. The predicted octanol–water partition coefficient (Wildman–Crippen LogP) is 0.286. The molecule has 3 N–H and O–H groups in total. The van der Waals surface area contributed by atoms with Crippen molar-refractivity contribution in [3.05, 3.63) is 30.5 Å². The first-order chi connectivity index (χ1) is 9.01. The molecule has 0 heterocycles. The number of nitrogens with one attached hydrogen (secondary N) is 1. The predicted molar refractivity (Wildman–Crippen MR) is 77.9 cm³/mol. The Labute approximate surface area is 116 Å². The van der Waals surface area contributed by atoms with Crippen molar-refractivity contribution in [1.82, 2.24) is 0 Å². The summed E-state index contributed by atoms with van der Waals surface area (Å²) in [6, 6.07) is 0. The fraction of sp³-hybridized carbons (Fsp3) is 0.714. The molecule has 0 bridgehead atoms. The quantitative estimate of drug-likeness (QED) is 0.304. The fourth-order valence-electron chi connectivity index (χ4n) is 1.13. The Kier molecular flexibility index (Phi) is 16.6. The van der Waals surface area contributed by atoms with Gasteiger partial charge in [-0.05, 0) is 12.8 Å². The zero-order chi connectivity index (χ0) is 15.1. The average molecular weight is 275 g/mol. The van der Waals surface area contributed by atoms with Gasteiger partial charge >= 0.3 is 0 Å². The van der Waals surface area contributed by atoms with Crippen LogP contribution in [0.4, 0.5) is 0 Å². The van der Waals surface area contributed by atoms with Crippen molar-refractivity contribution in [1.29, 1.82) is 0 Å². The molecule has 0 radical (unpaired) electrons. The van der Waals surface area contributed by atoms with Crippen molar-refractivity contribution in [3.63, 3.8) is 0 Å². The number of ether oxygens (including phenoxy) is 1. The Balaban J connectivity index is 0. The molecule has 2 unspecified atom stereocenters. The van der Waals surface area contributed by atoms with Gasteiger partial charge < -0.3 is 25.2 Å². The molecule has 0 saturated heterocycles. The molecule has 0 aromatic heterocycles. The van der Waals surface area contributed by atoms with Crippen LogP contribution in [0.3, 0.4) is 0 Å². The van der Waals surface area contributed by atoms with Crippen LogP contribution in [0.1, 0.15) is 26.7 Å². The maximum atomic E-state index is 11.1. The molecule has 114 valence electrons. The van der Waals surface area contributed by atoms with Gasteiger partial charge in [-0.1, -0.05) is 26.0 Å². The SMILES string of the molecule is C=CCOCC=C.CCC(O)C[NH+]([O-])CC(O)CC. The first kappa shape index (κ1) is 20.6. The van der Waals surface area contributed by atoms with Gasteiger partial charge in [-0.3, -0.25) is 0 Å². The molecule has 0 saturated carbocycles. The topological polar surface area (TPSA) is 77.2 Å². The monoisotopic (exact) mass is 275 g/mol. The number of aliphatic hydroxyl groups is 2. The van der Waals surface area contributed by atoms with E-state index in [9.17, 15) is 5.21 Å². The van der Waals surface area contributed by atoms with Crippen LogP contribution in [-0.4, -0.2) is 48.7 Å². The minimum Gasteiger partial charge on any atom is -0.634 e. The summed E-state index contributed by atoms with van der Waals surface area (Å²) < 4.78 is 4.90. The van der Waals surface area contributed by atoms with E-state index in [1.165, 1.54) is 0 Å². The lowest BCUT2D eigenvalue weighted by Crippen LogP contribution is -3.09. The number of quaternary nitrogens is 1. The third-order valence-corrected chi connectivity index (χ3v) is 2.34. The van der Waals surface area contributed by atoms with Gasteiger partial charge in [0.05, 0.1) is 13.2 Å². The largest absolute Gasteiger partial charge is 0.634 e. The normalized spacial score (nSPS) is 14.8. The fourth-order valence-corrected chi connectivity index (χ4v) is 1.13. The van der Waals surface area contributed by atoms with Gasteiger partial charge in [-0.25, -0.2) is 0 Å². The summed E-state index contributed by atoms with van der Waals surface area (Å²) in [6.45, 7) is 12.2. The molecular formula is C14H29NO4. The molecule has 0 spiro atoms. The van der Waals surface area contributed by atoms with Crippen LogP contribution in [0, 0.1) is 5.21 Å². The Bertz CT molecular complexity index is 192. The van der Waals surface area contributed by atoms with Crippen LogP contribution in [0.25, 0.3) is 0 Å². The summed E-state index contributed by atoms with van der Waals surface area (Å²) in [5, 5.41) is 29.2. The second-order valence-corrected chi connectivity index (χ2v) is 4.19. The molecule has 0 fully saturated rings. The first-order valence-corrected chi connectivity index (χ1v) is 6.69. The van der Waals surface area contributed by atoms with Crippen molar-refractivity contribution in [2.45, 2.75) is 38.9 Å². The van der Waals surface area contributed by atoms with Crippen molar-refractivity contribution >= 4 is 0 Å². The Morgan fingerprint density at radius 3 is 1.68 bits per heavy atom. The molecule has 0 aliphatic carbocycles. The number of hydrogen-bond acceptors (Lipinski definition) is 4. The van der Waals surface area contributed by atoms with Crippen molar-refractivity contribution in [2.75, 3.05) is 26.3 Å². The average Bonchev–Trinajstić information content (AvgIpc) is 2.39. The van der Waals surface area contributed by atoms with E-state index >= 15 is 0 Å². The molecule has 19 heavy (non-hydrogen) atoms. The zero-order valence-electron chi connectivity index (χ0n) is 12.2. The van der Waals surface area contributed by atoms with E-state index in [1.54, 1.807) is 12.2 Å². The molecule has 0 aliphatic heterocycles. The maximum Gasteiger partial charge on any atom is 0.103 e. The van der Waals surface area contributed by atoms with E-state index < -0.39 is 12.2 Å². The van der Waals surface area contributed by atoms with Crippen LogP contribution in [0.5, 0.6) is 0 Å². The second-order valence-electron chi connectivity index (χ2n) is 4.19. The number of hydrogen-bond donors (Lipinski definition) is 3. The highest BCUT2D eigenvalue weighted by Crippen LogP contribution is 1.86. The second kappa shape index (κ2) is 15.3. The van der Waals surface area contributed by atoms with Gasteiger partial charge in [0, 0.05) is 0 Å². The molecule has 0 rings (SSSR count). The van der Waals surface area contributed by atoms with Crippen LogP contribution in [0.2, 0.25) is 0 Å². The van der Waals surface area contributed by atoms with E-state index in [1.807, 2.05) is 13.8 Å². The molecule has 2 atom stereocenters. The minimum absolute atomic E-state index is 0.0568. The summed E-state index contributed by atoms with van der Waals surface area (Å²) >= 11 is 0. The molecule has 5 heteroatoms. The lowest BCUT2D eigenvalue weighted by Gasteiger charge is -2.26. The first-order valence-electron chi connectivity index (χ1n) is 6.69. The maximum absolute atomic E-state index is 11.1. The van der Waals surface area contributed by atoms with Gasteiger partial charge in [0.15, 0.2) is 0 Å². The van der Waals surface area contributed by atoms with E-state index in [0.717, 1.165) is 0 Å². The highest BCUT2D eigenvalue weighted by Gasteiger charge is 2.09. The lowest BCUT2D eigenvalue weighted by atomic mass is 10.2. The highest BCUT2D eigenvalue weighted by molar-refractivity contribution is 4.68.